The number of esters is 3. The number of carboxylic acids is 1. The van der Waals surface area contributed by atoms with Gasteiger partial charge in [0, 0.05) is 36.9 Å². The minimum atomic E-state index is -1.98. The van der Waals surface area contributed by atoms with Crippen LogP contribution in [0.25, 0.3) is 0 Å². The summed E-state index contributed by atoms with van der Waals surface area (Å²) in [6.45, 7) is 6.94. The largest absolute Gasteiger partial charge is 0.494 e. The average molecular weight is 635 g/mol. The second-order valence-corrected chi connectivity index (χ2v) is 11.1. The molecule has 2 N–H and O–H groups in total. The molecule has 2 aliphatic rings. The van der Waals surface area contributed by atoms with Crippen molar-refractivity contribution in [1.29, 1.82) is 0 Å². The van der Waals surface area contributed by atoms with E-state index in [1.165, 1.54) is 32.0 Å². The average Bonchev–Trinajstić information content (AvgIpc) is 3.32. The molecular weight excluding hydrogens is 600 g/mol. The van der Waals surface area contributed by atoms with Gasteiger partial charge in [0.1, 0.15) is 24.1 Å². The van der Waals surface area contributed by atoms with E-state index in [-0.39, 0.29) is 22.8 Å². The highest BCUT2D eigenvalue weighted by atomic mass is 35.5. The smallest absolute Gasteiger partial charge is 0.303 e. The van der Waals surface area contributed by atoms with Gasteiger partial charge in [-0.1, -0.05) is 29.8 Å². The zero-order valence-corrected chi connectivity index (χ0v) is 25.7. The summed E-state index contributed by atoms with van der Waals surface area (Å²) in [6, 6.07) is 11.3. The molecule has 238 valence electrons. The third kappa shape index (κ3) is 6.39. The molecule has 0 aromatic heterocycles. The van der Waals surface area contributed by atoms with Crippen molar-refractivity contribution in [3.05, 3.63) is 64.2 Å². The fraction of sp³-hybridized carbons (Fsp3) is 0.484. The van der Waals surface area contributed by atoms with E-state index in [0.717, 1.165) is 13.8 Å². The second kappa shape index (κ2) is 13.1. The van der Waals surface area contributed by atoms with Crippen LogP contribution in [0.5, 0.6) is 5.75 Å². The molecule has 2 aromatic carbocycles. The number of carbonyl (C=O) groups is 4. The number of aliphatic hydroxyl groups is 1. The molecular formula is C31H35ClO12. The van der Waals surface area contributed by atoms with Gasteiger partial charge in [0.05, 0.1) is 25.6 Å². The van der Waals surface area contributed by atoms with Crippen LogP contribution in [0.4, 0.5) is 0 Å². The van der Waals surface area contributed by atoms with E-state index >= 15 is 0 Å². The van der Waals surface area contributed by atoms with Crippen molar-refractivity contribution in [1.82, 2.24) is 0 Å². The molecule has 2 bridgehead atoms. The van der Waals surface area contributed by atoms with Crippen molar-refractivity contribution in [3.63, 3.8) is 0 Å². The van der Waals surface area contributed by atoms with Crippen LogP contribution in [-0.2, 0) is 48.6 Å². The summed E-state index contributed by atoms with van der Waals surface area (Å²) in [5.41, 5.74) is -0.739. The van der Waals surface area contributed by atoms with Crippen molar-refractivity contribution in [2.45, 2.75) is 76.8 Å². The van der Waals surface area contributed by atoms with Crippen molar-refractivity contribution in [3.8, 4) is 5.75 Å². The predicted octanol–water partition coefficient (Wildman–Crippen LogP) is 3.68. The van der Waals surface area contributed by atoms with Crippen LogP contribution in [0.2, 0.25) is 5.02 Å². The number of aliphatic hydroxyl groups excluding tert-OH is 1. The molecule has 0 aliphatic carbocycles. The molecule has 0 spiro atoms. The molecule has 2 saturated heterocycles. The first-order valence-corrected chi connectivity index (χ1v) is 14.4. The van der Waals surface area contributed by atoms with Gasteiger partial charge in [0.25, 0.3) is 0 Å². The maximum Gasteiger partial charge on any atom is 0.303 e. The third-order valence-corrected chi connectivity index (χ3v) is 8.06. The molecule has 44 heavy (non-hydrogen) atoms. The Morgan fingerprint density at radius 1 is 1.00 bits per heavy atom. The Morgan fingerprint density at radius 2 is 1.64 bits per heavy atom. The highest BCUT2D eigenvalue weighted by Gasteiger charge is 2.72. The zero-order chi connectivity index (χ0) is 32.4. The summed E-state index contributed by atoms with van der Waals surface area (Å²) < 4.78 is 35.2. The van der Waals surface area contributed by atoms with Crippen LogP contribution >= 0.6 is 11.6 Å². The van der Waals surface area contributed by atoms with Crippen LogP contribution in [0.1, 0.15) is 63.8 Å². The van der Waals surface area contributed by atoms with Crippen molar-refractivity contribution >= 4 is 35.5 Å². The van der Waals surface area contributed by atoms with Gasteiger partial charge in [-0.2, -0.15) is 0 Å². The summed E-state index contributed by atoms with van der Waals surface area (Å²) in [6.07, 6.45) is -5.79. The molecule has 0 saturated carbocycles. The Balaban J connectivity index is 1.89. The van der Waals surface area contributed by atoms with Gasteiger partial charge < -0.3 is 38.6 Å². The minimum absolute atomic E-state index is 0.198. The van der Waals surface area contributed by atoms with Gasteiger partial charge in [-0.25, -0.2) is 0 Å². The lowest BCUT2D eigenvalue weighted by atomic mass is 9.73. The normalized spacial score (nSPS) is 27.1. The number of carbonyl (C=O) groups excluding carboxylic acids is 3. The molecule has 13 heteroatoms. The van der Waals surface area contributed by atoms with Crippen LogP contribution in [0.15, 0.2) is 42.5 Å². The monoisotopic (exact) mass is 634 g/mol. The van der Waals surface area contributed by atoms with Crippen LogP contribution in [0, 0.1) is 5.92 Å². The third-order valence-electron chi connectivity index (χ3n) is 7.71. The summed E-state index contributed by atoms with van der Waals surface area (Å²) in [7, 11) is 0. The van der Waals surface area contributed by atoms with Gasteiger partial charge >= 0.3 is 23.9 Å². The number of carboxylic acid groups (broad SMARTS) is 1. The number of hydrogen-bond donors (Lipinski definition) is 2. The number of halogens is 1. The lowest BCUT2D eigenvalue weighted by Gasteiger charge is -2.51. The van der Waals surface area contributed by atoms with Crippen LogP contribution in [0.3, 0.4) is 0 Å². The van der Waals surface area contributed by atoms with Gasteiger partial charge in [0.2, 0.25) is 5.79 Å². The second-order valence-electron chi connectivity index (χ2n) is 10.7. The number of fused-ring (bicyclic) bond motifs is 2. The van der Waals surface area contributed by atoms with Crippen molar-refractivity contribution in [2.75, 3.05) is 13.2 Å². The maximum atomic E-state index is 12.4. The highest BCUT2D eigenvalue weighted by Crippen LogP contribution is 2.56. The topological polar surface area (TPSA) is 164 Å². The predicted molar refractivity (Wildman–Crippen MR) is 153 cm³/mol. The molecule has 2 unspecified atom stereocenters. The molecule has 2 fully saturated rings. The number of benzene rings is 2. The van der Waals surface area contributed by atoms with E-state index in [2.05, 4.69) is 0 Å². The van der Waals surface area contributed by atoms with E-state index < -0.39 is 72.0 Å². The first-order valence-electron chi connectivity index (χ1n) is 14.0. The maximum absolute atomic E-state index is 12.4. The SMILES string of the molecule is CCOc1ccc(C(O)c2cc([C@]34OC[C@](C(C)OC(C)=O)(O3)[C@@H](OC(C)=O)[C@H](CC(=O)O)[C@H]4OC(C)=O)ccc2Cl)cc1. The molecule has 7 atom stereocenters. The Hall–Kier alpha value is -3.71. The van der Waals surface area contributed by atoms with Crippen molar-refractivity contribution in [2.24, 2.45) is 5.92 Å². The molecule has 2 aromatic rings. The summed E-state index contributed by atoms with van der Waals surface area (Å²) in [5, 5.41) is 21.5. The van der Waals surface area contributed by atoms with Crippen LogP contribution < -0.4 is 4.74 Å². The Morgan fingerprint density at radius 3 is 2.20 bits per heavy atom. The zero-order valence-electron chi connectivity index (χ0n) is 24.9. The van der Waals surface area contributed by atoms with Crippen LogP contribution in [-0.4, -0.2) is 71.2 Å². The molecule has 0 amide bonds. The summed E-state index contributed by atoms with van der Waals surface area (Å²) in [5.74, 6) is -6.07. The number of hydrogen-bond acceptors (Lipinski definition) is 11. The summed E-state index contributed by atoms with van der Waals surface area (Å²) >= 11 is 6.55. The number of rotatable bonds is 11. The minimum Gasteiger partial charge on any atom is -0.494 e. The molecule has 2 aliphatic heterocycles. The lowest BCUT2D eigenvalue weighted by molar-refractivity contribution is -0.331. The van der Waals surface area contributed by atoms with Crippen molar-refractivity contribution < 1.29 is 57.8 Å². The van der Waals surface area contributed by atoms with Gasteiger partial charge in [-0.3, -0.25) is 19.2 Å². The standard InChI is InChI=1S/C31H35ClO12/c1-6-39-22-10-7-20(8-11-22)27(38)23-13-21(9-12-25(23)32)31-29(43-19(5)35)24(14-26(36)37)28(42-18(4)34)30(44-31,15-40-31)16(2)41-17(3)33/h7-13,16,24,27-29,38H,6,14-15H2,1-5H3,(H,36,37)/t16?,24-,27?,28-,29+,30+,31-/m0/s1. The van der Waals surface area contributed by atoms with E-state index in [4.69, 9.17) is 40.0 Å². The Bertz CT molecular complexity index is 1410. The number of ether oxygens (including phenoxy) is 6. The van der Waals surface area contributed by atoms with Gasteiger partial charge in [-0.15, -0.1) is 0 Å². The first kappa shape index (κ1) is 33.2. The number of aliphatic carboxylic acids is 1. The molecule has 0 radical (unpaired) electrons. The fourth-order valence-electron chi connectivity index (χ4n) is 5.92. The quantitative estimate of drug-likeness (QED) is 0.273. The molecule has 2 heterocycles. The molecule has 12 nitrogen and oxygen atoms in total. The van der Waals surface area contributed by atoms with E-state index in [1.807, 2.05) is 6.92 Å². The van der Waals surface area contributed by atoms with E-state index in [9.17, 15) is 29.4 Å². The molecule has 4 rings (SSSR count). The summed E-state index contributed by atoms with van der Waals surface area (Å²) in [4.78, 5) is 48.9. The van der Waals surface area contributed by atoms with Gasteiger partial charge in [-0.05, 0) is 43.7 Å². The van der Waals surface area contributed by atoms with E-state index in [1.54, 1.807) is 24.3 Å². The Kier molecular flexibility index (Phi) is 9.89. The highest BCUT2D eigenvalue weighted by molar-refractivity contribution is 6.31. The lowest BCUT2D eigenvalue weighted by Crippen LogP contribution is -2.67. The first-order chi connectivity index (χ1) is 20.7. The van der Waals surface area contributed by atoms with Gasteiger partial charge in [0.15, 0.2) is 11.7 Å². The fourth-order valence-corrected chi connectivity index (χ4v) is 6.14. The van der Waals surface area contributed by atoms with E-state index in [0.29, 0.717) is 17.9 Å². The Labute approximate surface area is 259 Å².